The molecule has 2 atom stereocenters. The summed E-state index contributed by atoms with van der Waals surface area (Å²) in [5.41, 5.74) is 5.15. The lowest BCUT2D eigenvalue weighted by Gasteiger charge is -2.17. The van der Waals surface area contributed by atoms with Crippen molar-refractivity contribution in [2.45, 2.75) is 32.4 Å². The van der Waals surface area contributed by atoms with Crippen molar-refractivity contribution in [1.82, 2.24) is 10.3 Å². The van der Waals surface area contributed by atoms with Gasteiger partial charge in [-0.1, -0.05) is 42.5 Å². The summed E-state index contributed by atoms with van der Waals surface area (Å²) in [6, 6.07) is 17.6. The molecule has 0 aliphatic rings. The van der Waals surface area contributed by atoms with Crippen molar-refractivity contribution < 1.29 is 15.0 Å². The molecule has 1 heterocycles. The highest BCUT2D eigenvalue weighted by Gasteiger charge is 2.11. The molecule has 7 heteroatoms. The van der Waals surface area contributed by atoms with Crippen LogP contribution in [0.3, 0.4) is 0 Å². The Kier molecular flexibility index (Phi) is 10.7. The van der Waals surface area contributed by atoms with Gasteiger partial charge in [-0.2, -0.15) is 0 Å². The van der Waals surface area contributed by atoms with Gasteiger partial charge >= 0.3 is 5.97 Å². The maximum Gasteiger partial charge on any atom is 0.335 e. The van der Waals surface area contributed by atoms with E-state index < -0.39 is 12.1 Å². The van der Waals surface area contributed by atoms with Crippen LogP contribution < -0.4 is 5.32 Å². The molecule has 0 aliphatic carbocycles. The number of hydrogen-bond acceptors (Lipinski definition) is 4. The number of pyridine rings is 1. The van der Waals surface area contributed by atoms with E-state index >= 15 is 0 Å². The molecule has 0 aliphatic heterocycles. The normalized spacial score (nSPS) is 12.2. The summed E-state index contributed by atoms with van der Waals surface area (Å²) in [4.78, 5) is 15.2. The van der Waals surface area contributed by atoms with E-state index in [0.717, 1.165) is 28.7 Å². The molecule has 0 unspecified atom stereocenters. The topological polar surface area (TPSA) is 82.5 Å². The van der Waals surface area contributed by atoms with Gasteiger partial charge in [-0.3, -0.25) is 4.98 Å². The molecule has 3 rings (SSSR count). The van der Waals surface area contributed by atoms with Gasteiger partial charge in [-0.05, 0) is 54.7 Å². The van der Waals surface area contributed by atoms with Crippen molar-refractivity contribution in [2.75, 3.05) is 6.54 Å². The number of carboxylic acid groups (broad SMARTS) is 1. The number of carbonyl (C=O) groups is 1. The van der Waals surface area contributed by atoms with Gasteiger partial charge in [-0.15, -0.1) is 24.8 Å². The third-order valence-corrected chi connectivity index (χ3v) is 5.01. The molecule has 0 spiro atoms. The maximum absolute atomic E-state index is 11.2. The molecule has 166 valence electrons. The van der Waals surface area contributed by atoms with Crippen LogP contribution in [0.5, 0.6) is 0 Å². The number of carboxylic acids is 1. The molecule has 0 radical (unpaired) electrons. The zero-order valence-electron chi connectivity index (χ0n) is 17.5. The quantitative estimate of drug-likeness (QED) is 0.445. The van der Waals surface area contributed by atoms with Gasteiger partial charge in [0.1, 0.15) is 0 Å². The maximum atomic E-state index is 11.2. The van der Waals surface area contributed by atoms with Crippen LogP contribution in [0.2, 0.25) is 0 Å². The van der Waals surface area contributed by atoms with E-state index in [4.69, 9.17) is 5.11 Å². The fourth-order valence-corrected chi connectivity index (χ4v) is 3.35. The molecule has 31 heavy (non-hydrogen) atoms. The van der Waals surface area contributed by atoms with E-state index in [1.165, 1.54) is 5.56 Å². The first-order valence-electron chi connectivity index (χ1n) is 9.68. The van der Waals surface area contributed by atoms with Crippen molar-refractivity contribution in [2.24, 2.45) is 0 Å². The molecule has 5 nitrogen and oxygen atoms in total. The van der Waals surface area contributed by atoms with E-state index in [9.17, 15) is 9.90 Å². The van der Waals surface area contributed by atoms with E-state index in [1.54, 1.807) is 18.5 Å². The van der Waals surface area contributed by atoms with Crippen LogP contribution in [0, 0.1) is 6.92 Å². The number of benzene rings is 2. The monoisotopic (exact) mass is 462 g/mol. The fraction of sp³-hybridized carbons (Fsp3) is 0.250. The Morgan fingerprint density at radius 1 is 1.06 bits per heavy atom. The molecular formula is C24H28Cl2N2O3. The summed E-state index contributed by atoms with van der Waals surface area (Å²) >= 11 is 0. The van der Waals surface area contributed by atoms with Crippen molar-refractivity contribution >= 4 is 30.8 Å². The standard InChI is InChI=1S/C24H26N2O3.2ClH/c1-16-12-20(9-10-22(16)24(28)29)19-7-5-18(6-8-19)13-17(2)26-15-23(27)21-4-3-11-25-14-21;;/h3-12,14,17,23,26-27H,13,15H2,1-2H3,(H,28,29);2*1H/t17-,23+;;/m1../s1. The highest BCUT2D eigenvalue weighted by atomic mass is 35.5. The zero-order chi connectivity index (χ0) is 20.8. The third-order valence-electron chi connectivity index (χ3n) is 5.01. The average Bonchev–Trinajstić information content (AvgIpc) is 2.73. The van der Waals surface area contributed by atoms with Crippen LogP contribution in [0.4, 0.5) is 0 Å². The summed E-state index contributed by atoms with van der Waals surface area (Å²) in [7, 11) is 0. The summed E-state index contributed by atoms with van der Waals surface area (Å²) in [6.07, 6.45) is 3.64. The Balaban J connectivity index is 0.00000240. The molecule has 3 aromatic rings. The summed E-state index contributed by atoms with van der Waals surface area (Å²) in [5, 5.41) is 22.8. The van der Waals surface area contributed by atoms with E-state index in [0.29, 0.717) is 12.1 Å². The van der Waals surface area contributed by atoms with Gasteiger partial charge in [0.25, 0.3) is 0 Å². The van der Waals surface area contributed by atoms with Crippen molar-refractivity contribution in [3.8, 4) is 11.1 Å². The second kappa shape index (κ2) is 12.4. The van der Waals surface area contributed by atoms with E-state index in [2.05, 4.69) is 41.5 Å². The minimum absolute atomic E-state index is 0. The second-order valence-corrected chi connectivity index (χ2v) is 7.35. The Morgan fingerprint density at radius 2 is 1.74 bits per heavy atom. The van der Waals surface area contributed by atoms with Crippen LogP contribution in [0.15, 0.2) is 67.0 Å². The Bertz CT molecular complexity index is 966. The molecule has 0 fully saturated rings. The van der Waals surface area contributed by atoms with Crippen LogP contribution >= 0.6 is 24.8 Å². The largest absolute Gasteiger partial charge is 0.478 e. The van der Waals surface area contributed by atoms with Gasteiger partial charge in [0, 0.05) is 30.5 Å². The first kappa shape index (κ1) is 26.6. The van der Waals surface area contributed by atoms with Crippen molar-refractivity contribution in [3.63, 3.8) is 0 Å². The molecule has 0 bridgehead atoms. The third kappa shape index (κ3) is 7.33. The number of nitrogens with one attached hydrogen (secondary N) is 1. The van der Waals surface area contributed by atoms with Crippen LogP contribution in [0.1, 0.15) is 40.1 Å². The molecule has 0 amide bonds. The smallest absolute Gasteiger partial charge is 0.335 e. The molecule has 0 saturated heterocycles. The first-order valence-corrected chi connectivity index (χ1v) is 9.68. The zero-order valence-corrected chi connectivity index (χ0v) is 19.1. The van der Waals surface area contributed by atoms with E-state index in [1.807, 2.05) is 31.2 Å². The molecule has 1 aromatic heterocycles. The van der Waals surface area contributed by atoms with Crippen LogP contribution in [-0.4, -0.2) is 33.8 Å². The lowest BCUT2D eigenvalue weighted by molar-refractivity contribution is 0.0696. The summed E-state index contributed by atoms with van der Waals surface area (Å²) in [5.74, 6) is -0.903. The highest BCUT2D eigenvalue weighted by Crippen LogP contribution is 2.23. The Labute approximate surface area is 195 Å². The lowest BCUT2D eigenvalue weighted by Crippen LogP contribution is -2.32. The first-order chi connectivity index (χ1) is 13.9. The second-order valence-electron chi connectivity index (χ2n) is 7.35. The van der Waals surface area contributed by atoms with Gasteiger partial charge < -0.3 is 15.5 Å². The average molecular weight is 463 g/mol. The molecule has 2 aromatic carbocycles. The van der Waals surface area contributed by atoms with Crippen molar-refractivity contribution in [1.29, 1.82) is 0 Å². The van der Waals surface area contributed by atoms with Crippen molar-refractivity contribution in [3.05, 3.63) is 89.2 Å². The van der Waals surface area contributed by atoms with Gasteiger partial charge in [0.2, 0.25) is 0 Å². The number of aromatic carboxylic acids is 1. The summed E-state index contributed by atoms with van der Waals surface area (Å²) < 4.78 is 0. The van der Waals surface area contributed by atoms with Gasteiger partial charge in [0.15, 0.2) is 0 Å². The fourth-order valence-electron chi connectivity index (χ4n) is 3.35. The summed E-state index contributed by atoms with van der Waals surface area (Å²) in [6.45, 7) is 4.38. The van der Waals surface area contributed by atoms with Gasteiger partial charge in [-0.25, -0.2) is 4.79 Å². The molecule has 3 N–H and O–H groups in total. The Hall–Kier alpha value is -2.44. The van der Waals surface area contributed by atoms with Crippen LogP contribution in [-0.2, 0) is 6.42 Å². The number of aliphatic hydroxyl groups excluding tert-OH is 1. The number of aryl methyl sites for hydroxylation is 1. The number of nitrogens with zero attached hydrogens (tertiary/aromatic N) is 1. The number of halogens is 2. The number of hydrogen-bond donors (Lipinski definition) is 3. The predicted molar refractivity (Wildman–Crippen MR) is 128 cm³/mol. The van der Waals surface area contributed by atoms with Crippen LogP contribution in [0.25, 0.3) is 11.1 Å². The highest BCUT2D eigenvalue weighted by molar-refractivity contribution is 5.90. The SMILES string of the molecule is Cc1cc(-c2ccc(C[C@@H](C)NC[C@H](O)c3cccnc3)cc2)ccc1C(=O)O.Cl.Cl. The lowest BCUT2D eigenvalue weighted by atomic mass is 9.98. The van der Waals surface area contributed by atoms with E-state index in [-0.39, 0.29) is 30.9 Å². The molecule has 0 saturated carbocycles. The van der Waals surface area contributed by atoms with Gasteiger partial charge in [0.05, 0.1) is 11.7 Å². The molecular weight excluding hydrogens is 435 g/mol. The number of aromatic nitrogens is 1. The number of aliphatic hydroxyl groups is 1. The Morgan fingerprint density at radius 3 is 2.32 bits per heavy atom. The number of rotatable bonds is 8. The minimum Gasteiger partial charge on any atom is -0.478 e. The minimum atomic E-state index is -0.903. The predicted octanol–water partition coefficient (Wildman–Crippen LogP) is 4.85.